The van der Waals surface area contributed by atoms with Gasteiger partial charge in [0.1, 0.15) is 4.34 Å². The molecule has 1 heterocycles. The van der Waals surface area contributed by atoms with Crippen LogP contribution < -0.4 is 0 Å². The molecule has 0 bridgehead atoms. The molecule has 0 spiro atoms. The van der Waals surface area contributed by atoms with E-state index in [1.54, 1.807) is 11.3 Å². The van der Waals surface area contributed by atoms with E-state index in [-0.39, 0.29) is 6.61 Å². The number of rotatable bonds is 4. The van der Waals surface area contributed by atoms with Gasteiger partial charge >= 0.3 is 0 Å². The molecule has 1 aromatic heterocycles. The third kappa shape index (κ3) is 3.10. The van der Waals surface area contributed by atoms with Crippen LogP contribution in [-0.4, -0.2) is 33.7 Å². The van der Waals surface area contributed by atoms with Crippen molar-refractivity contribution in [2.45, 2.75) is 17.4 Å². The first-order valence-electron chi connectivity index (χ1n) is 3.56. The fraction of sp³-hybridized carbons (Fsp3) is 0.571. The number of thioether (sulfide) groups is 1. The Morgan fingerprint density at radius 3 is 3.00 bits per heavy atom. The lowest BCUT2D eigenvalue weighted by atomic mass is 10.4. The van der Waals surface area contributed by atoms with Crippen LogP contribution in [0.25, 0.3) is 0 Å². The van der Waals surface area contributed by atoms with E-state index in [4.69, 9.17) is 10.2 Å². The molecule has 0 radical (unpaired) electrons. The van der Waals surface area contributed by atoms with E-state index in [2.05, 4.69) is 4.98 Å². The molecular formula is C7H11NO2S2. The zero-order valence-corrected chi connectivity index (χ0v) is 8.36. The molecule has 0 aliphatic carbocycles. The number of thiazole rings is 1. The van der Waals surface area contributed by atoms with Crippen LogP contribution in [-0.2, 0) is 0 Å². The molecule has 1 atom stereocenters. The standard InChI is InChI=1S/C7H11NO2S2/c1-5-3-11-7(8-5)12-4-6(10)2-9/h3,6,9-10H,2,4H2,1H3. The zero-order valence-electron chi connectivity index (χ0n) is 6.73. The highest BCUT2D eigenvalue weighted by Gasteiger charge is 2.04. The summed E-state index contributed by atoms with van der Waals surface area (Å²) < 4.78 is 0.944. The van der Waals surface area contributed by atoms with E-state index in [1.165, 1.54) is 11.8 Å². The van der Waals surface area contributed by atoms with Crippen LogP contribution >= 0.6 is 23.1 Å². The van der Waals surface area contributed by atoms with Crippen LogP contribution in [0.3, 0.4) is 0 Å². The molecule has 0 saturated heterocycles. The first kappa shape index (κ1) is 9.98. The summed E-state index contributed by atoms with van der Waals surface area (Å²) >= 11 is 3.03. The summed E-state index contributed by atoms with van der Waals surface area (Å²) in [5, 5.41) is 19.5. The van der Waals surface area contributed by atoms with Gasteiger partial charge in [-0.15, -0.1) is 11.3 Å². The summed E-state index contributed by atoms with van der Waals surface area (Å²) in [6.07, 6.45) is -0.640. The molecule has 1 aromatic rings. The summed E-state index contributed by atoms with van der Waals surface area (Å²) in [4.78, 5) is 4.21. The second kappa shape index (κ2) is 4.81. The van der Waals surface area contributed by atoms with Gasteiger partial charge in [-0.3, -0.25) is 0 Å². The van der Waals surface area contributed by atoms with Crippen molar-refractivity contribution in [3.05, 3.63) is 11.1 Å². The van der Waals surface area contributed by atoms with Gasteiger partial charge in [-0.1, -0.05) is 11.8 Å². The molecule has 0 fully saturated rings. The summed E-state index contributed by atoms with van der Waals surface area (Å²) in [5.74, 6) is 0.503. The van der Waals surface area contributed by atoms with Crippen molar-refractivity contribution < 1.29 is 10.2 Å². The van der Waals surface area contributed by atoms with Crippen molar-refractivity contribution in [3.63, 3.8) is 0 Å². The number of hydrogen-bond acceptors (Lipinski definition) is 5. The summed E-state index contributed by atoms with van der Waals surface area (Å²) in [5.41, 5.74) is 1.00. The van der Waals surface area contributed by atoms with E-state index in [0.29, 0.717) is 5.75 Å². The van der Waals surface area contributed by atoms with Crippen LogP contribution in [0.15, 0.2) is 9.72 Å². The lowest BCUT2D eigenvalue weighted by Gasteiger charge is -2.03. The van der Waals surface area contributed by atoms with Gasteiger partial charge in [0.05, 0.1) is 12.7 Å². The van der Waals surface area contributed by atoms with Gasteiger partial charge in [0.2, 0.25) is 0 Å². The third-order valence-corrected chi connectivity index (χ3v) is 3.49. The second-order valence-electron chi connectivity index (χ2n) is 2.40. The molecule has 12 heavy (non-hydrogen) atoms. The fourth-order valence-electron chi connectivity index (χ4n) is 0.619. The Labute approximate surface area is 79.5 Å². The highest BCUT2D eigenvalue weighted by Crippen LogP contribution is 2.22. The predicted octanol–water partition coefficient (Wildman–Crippen LogP) is 0.897. The number of nitrogens with zero attached hydrogens (tertiary/aromatic N) is 1. The Kier molecular flexibility index (Phi) is 4.00. The van der Waals surface area contributed by atoms with Crippen molar-refractivity contribution in [2.75, 3.05) is 12.4 Å². The summed E-state index contributed by atoms with van der Waals surface area (Å²) in [6.45, 7) is 1.75. The maximum absolute atomic E-state index is 9.03. The van der Waals surface area contributed by atoms with Crippen molar-refractivity contribution in [1.29, 1.82) is 0 Å². The SMILES string of the molecule is Cc1csc(SCC(O)CO)n1. The highest BCUT2D eigenvalue weighted by atomic mass is 32.2. The minimum atomic E-state index is -0.640. The first-order chi connectivity index (χ1) is 5.72. The molecule has 2 N–H and O–H groups in total. The van der Waals surface area contributed by atoms with E-state index in [0.717, 1.165) is 10.0 Å². The predicted molar refractivity (Wildman–Crippen MR) is 50.7 cm³/mol. The first-order valence-corrected chi connectivity index (χ1v) is 5.42. The number of aliphatic hydroxyl groups excluding tert-OH is 2. The van der Waals surface area contributed by atoms with Crippen molar-refractivity contribution in [1.82, 2.24) is 4.98 Å². The number of aryl methyl sites for hydroxylation is 1. The second-order valence-corrected chi connectivity index (χ2v) is 4.53. The average Bonchev–Trinajstić information content (AvgIpc) is 2.47. The molecule has 0 saturated carbocycles. The largest absolute Gasteiger partial charge is 0.394 e. The Morgan fingerprint density at radius 1 is 1.75 bits per heavy atom. The lowest BCUT2D eigenvalue weighted by Crippen LogP contribution is -2.14. The molecule has 1 rings (SSSR count). The van der Waals surface area contributed by atoms with Crippen LogP contribution in [0, 0.1) is 6.92 Å². The molecule has 68 valence electrons. The van der Waals surface area contributed by atoms with Crippen molar-refractivity contribution in [2.24, 2.45) is 0 Å². The van der Waals surface area contributed by atoms with Gasteiger partial charge in [-0.25, -0.2) is 4.98 Å². The molecule has 0 aliphatic heterocycles. The van der Waals surface area contributed by atoms with Gasteiger partial charge in [0, 0.05) is 16.8 Å². The van der Waals surface area contributed by atoms with Crippen LogP contribution in [0.1, 0.15) is 5.69 Å². The molecule has 0 aliphatic rings. The Hall–Kier alpha value is -0.100. The minimum absolute atomic E-state index is 0.183. The zero-order chi connectivity index (χ0) is 8.97. The molecule has 0 aromatic carbocycles. The molecule has 5 heteroatoms. The normalized spacial score (nSPS) is 13.2. The van der Waals surface area contributed by atoms with E-state index in [9.17, 15) is 0 Å². The minimum Gasteiger partial charge on any atom is -0.394 e. The van der Waals surface area contributed by atoms with E-state index < -0.39 is 6.10 Å². The van der Waals surface area contributed by atoms with E-state index >= 15 is 0 Å². The van der Waals surface area contributed by atoms with Gasteiger partial charge in [-0.05, 0) is 6.92 Å². The Morgan fingerprint density at radius 2 is 2.50 bits per heavy atom. The Balaban J connectivity index is 2.33. The van der Waals surface area contributed by atoms with Crippen molar-refractivity contribution >= 4 is 23.1 Å². The van der Waals surface area contributed by atoms with Gasteiger partial charge < -0.3 is 10.2 Å². The average molecular weight is 205 g/mol. The van der Waals surface area contributed by atoms with Crippen LogP contribution in [0.5, 0.6) is 0 Å². The molecule has 3 nitrogen and oxygen atoms in total. The van der Waals surface area contributed by atoms with Crippen LogP contribution in [0.2, 0.25) is 0 Å². The Bertz CT molecular complexity index is 239. The number of aliphatic hydroxyl groups is 2. The maximum Gasteiger partial charge on any atom is 0.150 e. The molecule has 1 unspecified atom stereocenters. The summed E-state index contributed by atoms with van der Waals surface area (Å²) in [6, 6.07) is 0. The smallest absolute Gasteiger partial charge is 0.150 e. The quantitative estimate of drug-likeness (QED) is 0.717. The van der Waals surface area contributed by atoms with Gasteiger partial charge in [0.15, 0.2) is 0 Å². The topological polar surface area (TPSA) is 53.4 Å². The molecule has 0 amide bonds. The number of aromatic nitrogens is 1. The van der Waals surface area contributed by atoms with Gasteiger partial charge in [0.25, 0.3) is 0 Å². The summed E-state index contributed by atoms with van der Waals surface area (Å²) in [7, 11) is 0. The fourth-order valence-corrected chi connectivity index (χ4v) is 2.41. The van der Waals surface area contributed by atoms with Crippen LogP contribution in [0.4, 0.5) is 0 Å². The van der Waals surface area contributed by atoms with E-state index in [1.807, 2.05) is 12.3 Å². The maximum atomic E-state index is 9.03. The van der Waals surface area contributed by atoms with Gasteiger partial charge in [-0.2, -0.15) is 0 Å². The number of hydrogen-bond donors (Lipinski definition) is 2. The monoisotopic (exact) mass is 205 g/mol. The lowest BCUT2D eigenvalue weighted by molar-refractivity contribution is 0.113. The molecular weight excluding hydrogens is 194 g/mol. The van der Waals surface area contributed by atoms with Crippen molar-refractivity contribution in [3.8, 4) is 0 Å². The highest BCUT2D eigenvalue weighted by molar-refractivity contribution is 8.01. The third-order valence-electron chi connectivity index (χ3n) is 1.21.